The largest absolute Gasteiger partial charge is 0.478 e. The number of anilines is 1. The minimum atomic E-state index is -4.31. The van der Waals surface area contributed by atoms with Gasteiger partial charge >= 0.3 is 12.1 Å². The summed E-state index contributed by atoms with van der Waals surface area (Å²) < 4.78 is 38.1. The molecule has 0 amide bonds. The second-order valence-corrected chi connectivity index (χ2v) is 4.55. The van der Waals surface area contributed by atoms with Crippen LogP contribution in [0.3, 0.4) is 0 Å². The Morgan fingerprint density at radius 3 is 2.71 bits per heavy atom. The van der Waals surface area contributed by atoms with Crippen LogP contribution in [0.5, 0.6) is 0 Å². The van der Waals surface area contributed by atoms with Crippen LogP contribution >= 0.6 is 0 Å². The van der Waals surface area contributed by atoms with Crippen LogP contribution in [-0.2, 0) is 7.05 Å². The van der Waals surface area contributed by atoms with Crippen molar-refractivity contribution < 1.29 is 23.1 Å². The SMILES string of the molecule is Cc1nn(C)c2ncc(C(=O)O)c(NCCC(F)(F)F)c12. The molecular formula is C12H13F3N4O2. The molecule has 0 bridgehead atoms. The van der Waals surface area contributed by atoms with Crippen LogP contribution in [0.4, 0.5) is 18.9 Å². The number of halogens is 3. The van der Waals surface area contributed by atoms with Crippen LogP contribution in [0.1, 0.15) is 22.5 Å². The number of nitrogens with zero attached hydrogens (tertiary/aromatic N) is 3. The number of aromatic nitrogens is 3. The molecule has 2 aromatic rings. The summed E-state index contributed by atoms with van der Waals surface area (Å²) >= 11 is 0. The van der Waals surface area contributed by atoms with E-state index in [0.29, 0.717) is 16.7 Å². The van der Waals surface area contributed by atoms with Crippen molar-refractivity contribution in [1.82, 2.24) is 14.8 Å². The maximum absolute atomic E-state index is 12.2. The fraction of sp³-hybridized carbons (Fsp3) is 0.417. The number of hydrogen-bond donors (Lipinski definition) is 2. The van der Waals surface area contributed by atoms with Gasteiger partial charge in [0.15, 0.2) is 5.65 Å². The number of aryl methyl sites for hydroxylation is 2. The highest BCUT2D eigenvalue weighted by Crippen LogP contribution is 2.29. The zero-order valence-electron chi connectivity index (χ0n) is 11.3. The molecule has 0 aliphatic heterocycles. The molecule has 0 unspecified atom stereocenters. The standard InChI is InChI=1S/C12H13F3N4O2/c1-6-8-9(16-4-3-12(13,14)15)7(11(20)21)5-17-10(8)19(2)18-6/h5H,3-4H2,1-2H3,(H,16,17)(H,20,21). The maximum atomic E-state index is 12.2. The molecular weight excluding hydrogens is 289 g/mol. The van der Waals surface area contributed by atoms with E-state index in [1.165, 1.54) is 4.68 Å². The molecule has 0 radical (unpaired) electrons. The number of alkyl halides is 3. The number of fused-ring (bicyclic) bond motifs is 1. The van der Waals surface area contributed by atoms with Crippen molar-refractivity contribution in [2.24, 2.45) is 7.05 Å². The highest BCUT2D eigenvalue weighted by Gasteiger charge is 2.27. The van der Waals surface area contributed by atoms with E-state index in [1.54, 1.807) is 14.0 Å². The number of rotatable bonds is 4. The Hall–Kier alpha value is -2.32. The average Bonchev–Trinajstić information content (AvgIpc) is 2.63. The van der Waals surface area contributed by atoms with E-state index in [2.05, 4.69) is 15.4 Å². The Balaban J connectivity index is 2.47. The summed E-state index contributed by atoms with van der Waals surface area (Å²) in [6.07, 6.45) is -4.26. The van der Waals surface area contributed by atoms with Gasteiger partial charge in [-0.2, -0.15) is 18.3 Å². The van der Waals surface area contributed by atoms with Gasteiger partial charge in [-0.15, -0.1) is 0 Å². The molecule has 0 atom stereocenters. The predicted molar refractivity (Wildman–Crippen MR) is 69.4 cm³/mol. The highest BCUT2D eigenvalue weighted by atomic mass is 19.4. The van der Waals surface area contributed by atoms with Crippen LogP contribution in [0.2, 0.25) is 0 Å². The second-order valence-electron chi connectivity index (χ2n) is 4.55. The van der Waals surface area contributed by atoms with Crippen molar-refractivity contribution in [3.05, 3.63) is 17.5 Å². The van der Waals surface area contributed by atoms with Gasteiger partial charge in [0.2, 0.25) is 0 Å². The lowest BCUT2D eigenvalue weighted by Gasteiger charge is -2.12. The Bertz CT molecular complexity index is 694. The van der Waals surface area contributed by atoms with Crippen LogP contribution in [0.25, 0.3) is 11.0 Å². The predicted octanol–water partition coefficient (Wildman–Crippen LogP) is 2.34. The van der Waals surface area contributed by atoms with Gasteiger partial charge in [-0.1, -0.05) is 0 Å². The van der Waals surface area contributed by atoms with Crippen molar-refractivity contribution in [3.63, 3.8) is 0 Å². The van der Waals surface area contributed by atoms with E-state index < -0.39 is 25.1 Å². The van der Waals surface area contributed by atoms with Gasteiger partial charge in [0.1, 0.15) is 5.56 Å². The number of carboxylic acids is 1. The number of hydrogen-bond acceptors (Lipinski definition) is 4. The third-order valence-corrected chi connectivity index (χ3v) is 2.97. The molecule has 0 aromatic carbocycles. The third kappa shape index (κ3) is 3.06. The third-order valence-electron chi connectivity index (χ3n) is 2.97. The fourth-order valence-electron chi connectivity index (χ4n) is 2.09. The van der Waals surface area contributed by atoms with Crippen molar-refractivity contribution in [2.45, 2.75) is 19.5 Å². The normalized spacial score (nSPS) is 11.9. The summed E-state index contributed by atoms with van der Waals surface area (Å²) in [7, 11) is 1.63. The monoisotopic (exact) mass is 302 g/mol. The van der Waals surface area contributed by atoms with Crippen LogP contribution in [-0.4, -0.2) is 38.6 Å². The van der Waals surface area contributed by atoms with Gasteiger partial charge in [-0.25, -0.2) is 9.78 Å². The van der Waals surface area contributed by atoms with Gasteiger partial charge in [0, 0.05) is 19.8 Å². The Labute approximate surface area is 117 Å². The van der Waals surface area contributed by atoms with Crippen LogP contribution < -0.4 is 5.32 Å². The molecule has 21 heavy (non-hydrogen) atoms. The van der Waals surface area contributed by atoms with Crippen molar-refractivity contribution >= 4 is 22.7 Å². The summed E-state index contributed by atoms with van der Waals surface area (Å²) in [5.74, 6) is -1.26. The first-order chi connectivity index (χ1) is 9.70. The number of aromatic carboxylic acids is 1. The van der Waals surface area contributed by atoms with Gasteiger partial charge < -0.3 is 10.4 Å². The molecule has 0 saturated carbocycles. The smallest absolute Gasteiger partial charge is 0.390 e. The van der Waals surface area contributed by atoms with Crippen molar-refractivity contribution in [2.75, 3.05) is 11.9 Å². The number of pyridine rings is 1. The maximum Gasteiger partial charge on any atom is 0.390 e. The lowest BCUT2D eigenvalue weighted by Crippen LogP contribution is -2.16. The topological polar surface area (TPSA) is 80.0 Å². The molecule has 9 heteroatoms. The number of carboxylic acid groups (broad SMARTS) is 1. The molecule has 0 aliphatic carbocycles. The molecule has 0 fully saturated rings. The van der Waals surface area contributed by atoms with E-state index in [-0.39, 0.29) is 11.3 Å². The van der Waals surface area contributed by atoms with E-state index in [1.807, 2.05) is 0 Å². The quantitative estimate of drug-likeness (QED) is 0.906. The first-order valence-electron chi connectivity index (χ1n) is 6.07. The Morgan fingerprint density at radius 1 is 1.48 bits per heavy atom. The lowest BCUT2D eigenvalue weighted by molar-refractivity contribution is -0.131. The first-order valence-corrected chi connectivity index (χ1v) is 6.07. The second kappa shape index (κ2) is 5.23. The molecule has 0 aliphatic rings. The van der Waals surface area contributed by atoms with E-state index in [0.717, 1.165) is 6.20 Å². The molecule has 2 rings (SSSR count). The summed E-state index contributed by atoms with van der Waals surface area (Å²) in [5, 5.41) is 16.2. The van der Waals surface area contributed by atoms with Gasteiger partial charge in [-0.3, -0.25) is 4.68 Å². The highest BCUT2D eigenvalue weighted by molar-refractivity contribution is 6.04. The first kappa shape index (κ1) is 15.1. The Morgan fingerprint density at radius 2 is 2.14 bits per heavy atom. The van der Waals surface area contributed by atoms with Gasteiger partial charge in [0.05, 0.1) is 23.2 Å². The summed E-state index contributed by atoms with van der Waals surface area (Å²) in [6, 6.07) is 0. The van der Waals surface area contributed by atoms with Crippen LogP contribution in [0.15, 0.2) is 6.20 Å². The molecule has 114 valence electrons. The van der Waals surface area contributed by atoms with E-state index in [9.17, 15) is 18.0 Å². The molecule has 2 heterocycles. The molecule has 2 N–H and O–H groups in total. The Kier molecular flexibility index (Phi) is 3.75. The molecule has 6 nitrogen and oxygen atoms in total. The zero-order valence-corrected chi connectivity index (χ0v) is 11.3. The summed E-state index contributed by atoms with van der Waals surface area (Å²) in [6.45, 7) is 1.22. The number of nitrogens with one attached hydrogen (secondary N) is 1. The van der Waals surface area contributed by atoms with Gasteiger partial charge in [0.25, 0.3) is 0 Å². The summed E-state index contributed by atoms with van der Waals surface area (Å²) in [4.78, 5) is 15.2. The van der Waals surface area contributed by atoms with E-state index in [4.69, 9.17) is 5.11 Å². The van der Waals surface area contributed by atoms with Crippen molar-refractivity contribution in [3.8, 4) is 0 Å². The van der Waals surface area contributed by atoms with Gasteiger partial charge in [-0.05, 0) is 6.92 Å². The molecule has 2 aromatic heterocycles. The average molecular weight is 302 g/mol. The minimum Gasteiger partial charge on any atom is -0.478 e. The summed E-state index contributed by atoms with van der Waals surface area (Å²) in [5.41, 5.74) is 0.841. The lowest BCUT2D eigenvalue weighted by atomic mass is 10.1. The van der Waals surface area contributed by atoms with Crippen molar-refractivity contribution in [1.29, 1.82) is 0 Å². The molecule has 0 spiro atoms. The number of carbonyl (C=O) groups is 1. The van der Waals surface area contributed by atoms with E-state index >= 15 is 0 Å². The fourth-order valence-corrected chi connectivity index (χ4v) is 2.09. The van der Waals surface area contributed by atoms with Crippen LogP contribution in [0, 0.1) is 6.92 Å². The molecule has 0 saturated heterocycles. The zero-order chi connectivity index (χ0) is 15.8. The minimum absolute atomic E-state index is 0.113.